The third kappa shape index (κ3) is 1.77. The van der Waals surface area contributed by atoms with E-state index in [2.05, 4.69) is 20.9 Å². The molecule has 0 bridgehead atoms. The Labute approximate surface area is 97.1 Å². The van der Waals surface area contributed by atoms with E-state index in [1.807, 2.05) is 11.6 Å². The minimum absolute atomic E-state index is 0.207. The van der Waals surface area contributed by atoms with Crippen LogP contribution in [0.4, 0.5) is 0 Å². The van der Waals surface area contributed by atoms with E-state index < -0.39 is 0 Å². The third-order valence-electron chi connectivity index (χ3n) is 2.90. The normalized spacial score (nSPS) is 18.5. The van der Waals surface area contributed by atoms with Crippen LogP contribution in [0.25, 0.3) is 4.96 Å². The molecule has 2 aromatic heterocycles. The van der Waals surface area contributed by atoms with Crippen LogP contribution in [0.1, 0.15) is 18.5 Å². The lowest BCUT2D eigenvalue weighted by atomic mass is 10.3. The second-order valence-corrected chi connectivity index (χ2v) is 5.23. The van der Waals surface area contributed by atoms with Gasteiger partial charge in [-0.2, -0.15) is 0 Å². The maximum Gasteiger partial charge on any atom is 0.193 e. The van der Waals surface area contributed by atoms with E-state index in [1.165, 1.54) is 12.8 Å². The van der Waals surface area contributed by atoms with Crippen molar-refractivity contribution < 1.29 is 0 Å². The van der Waals surface area contributed by atoms with Crippen molar-refractivity contribution in [2.75, 3.05) is 5.88 Å². The summed E-state index contributed by atoms with van der Waals surface area (Å²) >= 11 is 7.55. The van der Waals surface area contributed by atoms with Gasteiger partial charge in [-0.3, -0.25) is 4.40 Å². The Balaban J connectivity index is 1.70. The first kappa shape index (κ1) is 9.63. The van der Waals surface area contributed by atoms with Crippen molar-refractivity contribution in [3.8, 4) is 0 Å². The first-order valence-electron chi connectivity index (χ1n) is 5.03. The highest BCUT2D eigenvalue weighted by Gasteiger charge is 2.41. The van der Waals surface area contributed by atoms with E-state index in [1.54, 1.807) is 11.3 Å². The second-order valence-electron chi connectivity index (χ2n) is 4.09. The smallest absolute Gasteiger partial charge is 0.193 e. The van der Waals surface area contributed by atoms with Gasteiger partial charge in [0.2, 0.25) is 0 Å². The number of halogens is 1. The van der Waals surface area contributed by atoms with Crippen LogP contribution in [0.3, 0.4) is 0 Å². The zero-order chi connectivity index (χ0) is 10.3. The SMILES string of the molecule is ClCC1(NCc2cn3ccsc3n2)CC1. The average Bonchev–Trinajstić information content (AvgIpc) is 2.72. The number of hydrogen-bond acceptors (Lipinski definition) is 3. The molecular weight excluding hydrogens is 230 g/mol. The van der Waals surface area contributed by atoms with Crippen molar-refractivity contribution in [3.63, 3.8) is 0 Å². The quantitative estimate of drug-likeness (QED) is 0.833. The number of aromatic nitrogens is 2. The Morgan fingerprint density at radius 3 is 3.13 bits per heavy atom. The van der Waals surface area contributed by atoms with Gasteiger partial charge in [-0.15, -0.1) is 22.9 Å². The molecule has 1 aliphatic carbocycles. The number of thiazole rings is 1. The van der Waals surface area contributed by atoms with Crippen LogP contribution in [0.2, 0.25) is 0 Å². The van der Waals surface area contributed by atoms with E-state index >= 15 is 0 Å². The molecule has 0 amide bonds. The zero-order valence-corrected chi connectivity index (χ0v) is 9.81. The summed E-state index contributed by atoms with van der Waals surface area (Å²) in [5, 5.41) is 5.53. The summed E-state index contributed by atoms with van der Waals surface area (Å²) in [6.07, 6.45) is 6.49. The summed E-state index contributed by atoms with van der Waals surface area (Å²) in [5.74, 6) is 0.704. The fourth-order valence-corrected chi connectivity index (χ4v) is 2.73. The summed E-state index contributed by atoms with van der Waals surface area (Å²) < 4.78 is 2.06. The predicted molar refractivity (Wildman–Crippen MR) is 62.6 cm³/mol. The van der Waals surface area contributed by atoms with Crippen molar-refractivity contribution in [1.29, 1.82) is 0 Å². The molecule has 80 valence electrons. The minimum atomic E-state index is 0.207. The molecule has 5 heteroatoms. The number of nitrogens with one attached hydrogen (secondary N) is 1. The van der Waals surface area contributed by atoms with Crippen molar-refractivity contribution >= 4 is 27.9 Å². The fourth-order valence-electron chi connectivity index (χ4n) is 1.65. The Morgan fingerprint density at radius 2 is 2.47 bits per heavy atom. The number of hydrogen-bond donors (Lipinski definition) is 1. The Hall–Kier alpha value is -0.580. The number of fused-ring (bicyclic) bond motifs is 1. The van der Waals surface area contributed by atoms with E-state index in [0.717, 1.165) is 17.2 Å². The average molecular weight is 242 g/mol. The molecule has 0 radical (unpaired) electrons. The largest absolute Gasteiger partial charge is 0.304 e. The molecule has 1 saturated carbocycles. The van der Waals surface area contributed by atoms with Gasteiger partial charge in [0.1, 0.15) is 0 Å². The molecule has 2 aromatic rings. The van der Waals surface area contributed by atoms with Gasteiger partial charge in [0.25, 0.3) is 0 Å². The predicted octanol–water partition coefficient (Wildman–Crippen LogP) is 2.26. The Kier molecular flexibility index (Phi) is 2.23. The number of alkyl halides is 1. The summed E-state index contributed by atoms with van der Waals surface area (Å²) in [6, 6.07) is 0. The molecule has 0 unspecified atom stereocenters. The molecule has 1 N–H and O–H groups in total. The molecule has 1 aliphatic rings. The highest BCUT2D eigenvalue weighted by atomic mass is 35.5. The van der Waals surface area contributed by atoms with Crippen LogP contribution in [0.15, 0.2) is 17.8 Å². The van der Waals surface area contributed by atoms with E-state index in [9.17, 15) is 0 Å². The fraction of sp³-hybridized carbons (Fsp3) is 0.500. The van der Waals surface area contributed by atoms with Crippen molar-refractivity contribution in [2.45, 2.75) is 24.9 Å². The zero-order valence-electron chi connectivity index (χ0n) is 8.24. The maximum absolute atomic E-state index is 5.89. The van der Waals surface area contributed by atoms with Gasteiger partial charge < -0.3 is 5.32 Å². The maximum atomic E-state index is 5.89. The van der Waals surface area contributed by atoms with Gasteiger partial charge in [0.15, 0.2) is 4.96 Å². The second kappa shape index (κ2) is 3.47. The standard InChI is InChI=1S/C10H12ClN3S/c11-7-10(1-2-10)12-5-8-6-14-3-4-15-9(14)13-8/h3-4,6,12H,1-2,5,7H2. The van der Waals surface area contributed by atoms with Gasteiger partial charge in [-0.1, -0.05) is 0 Å². The number of rotatable bonds is 4. The molecule has 15 heavy (non-hydrogen) atoms. The van der Waals surface area contributed by atoms with Crippen LogP contribution in [0.5, 0.6) is 0 Å². The first-order chi connectivity index (χ1) is 7.31. The van der Waals surface area contributed by atoms with Crippen LogP contribution in [-0.2, 0) is 6.54 Å². The molecule has 0 aliphatic heterocycles. The third-order valence-corrected chi connectivity index (χ3v) is 4.18. The topological polar surface area (TPSA) is 29.3 Å². The van der Waals surface area contributed by atoms with Gasteiger partial charge in [-0.05, 0) is 12.8 Å². The molecule has 2 heterocycles. The van der Waals surface area contributed by atoms with Gasteiger partial charge in [0.05, 0.1) is 5.69 Å². The number of imidazole rings is 1. The lowest BCUT2D eigenvalue weighted by Crippen LogP contribution is -2.32. The van der Waals surface area contributed by atoms with Crippen LogP contribution >= 0.6 is 22.9 Å². The van der Waals surface area contributed by atoms with Crippen LogP contribution < -0.4 is 5.32 Å². The molecule has 1 fully saturated rings. The van der Waals surface area contributed by atoms with Gasteiger partial charge in [-0.25, -0.2) is 4.98 Å². The molecule has 0 atom stereocenters. The molecule has 0 spiro atoms. The lowest BCUT2D eigenvalue weighted by Gasteiger charge is -2.11. The summed E-state index contributed by atoms with van der Waals surface area (Å²) in [7, 11) is 0. The van der Waals surface area contributed by atoms with Gasteiger partial charge >= 0.3 is 0 Å². The summed E-state index contributed by atoms with van der Waals surface area (Å²) in [4.78, 5) is 5.57. The van der Waals surface area contributed by atoms with Crippen LogP contribution in [0, 0.1) is 0 Å². The summed E-state index contributed by atoms with van der Waals surface area (Å²) in [6.45, 7) is 0.821. The van der Waals surface area contributed by atoms with Gasteiger partial charge in [0, 0.05) is 35.7 Å². The highest BCUT2D eigenvalue weighted by Crippen LogP contribution is 2.36. The van der Waals surface area contributed by atoms with Crippen molar-refractivity contribution in [2.24, 2.45) is 0 Å². The Morgan fingerprint density at radius 1 is 1.60 bits per heavy atom. The van der Waals surface area contributed by atoms with E-state index in [0.29, 0.717) is 5.88 Å². The lowest BCUT2D eigenvalue weighted by molar-refractivity contribution is 0.538. The van der Waals surface area contributed by atoms with Crippen LogP contribution in [-0.4, -0.2) is 20.8 Å². The van der Waals surface area contributed by atoms with E-state index in [-0.39, 0.29) is 5.54 Å². The number of nitrogens with zero attached hydrogens (tertiary/aromatic N) is 2. The Bertz CT molecular complexity index is 443. The first-order valence-corrected chi connectivity index (χ1v) is 6.45. The molecule has 3 rings (SSSR count). The summed E-state index contributed by atoms with van der Waals surface area (Å²) in [5.41, 5.74) is 1.30. The molecular formula is C10H12ClN3S. The van der Waals surface area contributed by atoms with E-state index in [4.69, 9.17) is 11.6 Å². The monoisotopic (exact) mass is 241 g/mol. The highest BCUT2D eigenvalue weighted by molar-refractivity contribution is 7.15. The van der Waals surface area contributed by atoms with Crippen molar-refractivity contribution in [1.82, 2.24) is 14.7 Å². The molecule has 0 aromatic carbocycles. The van der Waals surface area contributed by atoms with Crippen molar-refractivity contribution in [3.05, 3.63) is 23.5 Å². The molecule has 0 saturated heterocycles. The molecule has 3 nitrogen and oxygen atoms in total. The minimum Gasteiger partial charge on any atom is -0.304 e.